The SMILES string of the molecule is CC(=O)NC(NC(=O)N(C)C)C(C)C. The molecule has 0 spiro atoms. The monoisotopic (exact) mass is 201 g/mol. The third-order valence-electron chi connectivity index (χ3n) is 1.71. The summed E-state index contributed by atoms with van der Waals surface area (Å²) in [5.74, 6) is 0.00514. The van der Waals surface area contributed by atoms with Crippen LogP contribution in [0.25, 0.3) is 0 Å². The van der Waals surface area contributed by atoms with Crippen LogP contribution in [-0.2, 0) is 4.79 Å². The van der Waals surface area contributed by atoms with Crippen LogP contribution < -0.4 is 10.6 Å². The van der Waals surface area contributed by atoms with Crippen LogP contribution in [0.4, 0.5) is 4.79 Å². The Morgan fingerprint density at radius 3 is 1.93 bits per heavy atom. The van der Waals surface area contributed by atoms with Crippen LogP contribution in [0.5, 0.6) is 0 Å². The fourth-order valence-electron chi connectivity index (χ4n) is 0.851. The lowest BCUT2D eigenvalue weighted by molar-refractivity contribution is -0.120. The molecule has 0 fully saturated rings. The van der Waals surface area contributed by atoms with Crippen molar-refractivity contribution in [2.75, 3.05) is 14.1 Å². The molecule has 0 aliphatic carbocycles. The van der Waals surface area contributed by atoms with Crippen LogP contribution in [0.3, 0.4) is 0 Å². The zero-order chi connectivity index (χ0) is 11.3. The van der Waals surface area contributed by atoms with E-state index in [1.165, 1.54) is 11.8 Å². The molecule has 1 unspecified atom stereocenters. The molecule has 2 N–H and O–H groups in total. The lowest BCUT2D eigenvalue weighted by Crippen LogP contribution is -2.52. The van der Waals surface area contributed by atoms with Crippen LogP contribution in [0, 0.1) is 5.92 Å². The molecule has 14 heavy (non-hydrogen) atoms. The van der Waals surface area contributed by atoms with Gasteiger partial charge in [-0.1, -0.05) is 13.8 Å². The van der Waals surface area contributed by atoms with Gasteiger partial charge in [0.15, 0.2) is 0 Å². The van der Waals surface area contributed by atoms with E-state index in [0.29, 0.717) is 0 Å². The first-order valence-electron chi connectivity index (χ1n) is 4.59. The molecule has 3 amide bonds. The molecule has 1 atom stereocenters. The first kappa shape index (κ1) is 12.7. The minimum atomic E-state index is -0.317. The topological polar surface area (TPSA) is 61.4 Å². The van der Waals surface area contributed by atoms with Crippen molar-refractivity contribution in [1.82, 2.24) is 15.5 Å². The number of hydrogen-bond acceptors (Lipinski definition) is 2. The summed E-state index contributed by atoms with van der Waals surface area (Å²) in [5.41, 5.74) is 0. The summed E-state index contributed by atoms with van der Waals surface area (Å²) in [6.45, 7) is 5.28. The minimum Gasteiger partial charge on any atom is -0.336 e. The van der Waals surface area contributed by atoms with Gasteiger partial charge in [-0.3, -0.25) is 4.79 Å². The second kappa shape index (κ2) is 5.47. The number of carbonyl (C=O) groups is 2. The van der Waals surface area contributed by atoms with Gasteiger partial charge in [0.1, 0.15) is 6.17 Å². The van der Waals surface area contributed by atoms with Gasteiger partial charge in [0.05, 0.1) is 0 Å². The Balaban J connectivity index is 4.23. The summed E-state index contributed by atoms with van der Waals surface area (Å²) in [7, 11) is 3.31. The number of carbonyl (C=O) groups excluding carboxylic acids is 2. The van der Waals surface area contributed by atoms with Gasteiger partial charge in [-0.2, -0.15) is 0 Å². The van der Waals surface area contributed by atoms with Crippen LogP contribution in [0.2, 0.25) is 0 Å². The normalized spacial score (nSPS) is 12.1. The smallest absolute Gasteiger partial charge is 0.318 e. The van der Waals surface area contributed by atoms with Gasteiger partial charge in [-0.05, 0) is 5.92 Å². The summed E-state index contributed by atoms with van der Waals surface area (Å²) in [5, 5.41) is 5.37. The maximum Gasteiger partial charge on any atom is 0.318 e. The van der Waals surface area contributed by atoms with Crippen molar-refractivity contribution in [3.8, 4) is 0 Å². The summed E-state index contributed by atoms with van der Waals surface area (Å²) < 4.78 is 0. The largest absolute Gasteiger partial charge is 0.336 e. The van der Waals surface area contributed by atoms with Crippen LogP contribution in [0.1, 0.15) is 20.8 Å². The summed E-state index contributed by atoms with van der Waals surface area (Å²) in [4.78, 5) is 23.6. The van der Waals surface area contributed by atoms with Crippen LogP contribution in [-0.4, -0.2) is 37.1 Å². The maximum atomic E-state index is 11.3. The van der Waals surface area contributed by atoms with E-state index in [4.69, 9.17) is 0 Å². The second-order valence-electron chi connectivity index (χ2n) is 3.77. The Labute approximate surface area is 84.8 Å². The summed E-state index contributed by atoms with van der Waals surface area (Å²) in [6, 6.07) is -0.211. The van der Waals surface area contributed by atoms with Gasteiger partial charge >= 0.3 is 6.03 Å². The molecule has 0 rings (SSSR count). The Bertz CT molecular complexity index is 214. The average Bonchev–Trinajstić information content (AvgIpc) is 2.01. The number of urea groups is 1. The second-order valence-corrected chi connectivity index (χ2v) is 3.77. The fourth-order valence-corrected chi connectivity index (χ4v) is 0.851. The molecular weight excluding hydrogens is 182 g/mol. The molecule has 0 aliphatic heterocycles. The molecule has 5 nitrogen and oxygen atoms in total. The van der Waals surface area contributed by atoms with E-state index in [2.05, 4.69) is 10.6 Å². The highest BCUT2D eigenvalue weighted by Crippen LogP contribution is 1.98. The van der Waals surface area contributed by atoms with Crippen molar-refractivity contribution < 1.29 is 9.59 Å². The van der Waals surface area contributed by atoms with E-state index in [-0.39, 0.29) is 24.0 Å². The molecule has 5 heteroatoms. The van der Waals surface area contributed by atoms with Gasteiger partial charge in [0.2, 0.25) is 5.91 Å². The van der Waals surface area contributed by atoms with E-state index in [1.807, 2.05) is 13.8 Å². The molecule has 82 valence electrons. The highest BCUT2D eigenvalue weighted by Gasteiger charge is 2.17. The van der Waals surface area contributed by atoms with Gasteiger partial charge in [-0.25, -0.2) is 4.79 Å². The molecule has 0 heterocycles. The van der Waals surface area contributed by atoms with Gasteiger partial charge in [0.25, 0.3) is 0 Å². The lowest BCUT2D eigenvalue weighted by atomic mass is 10.1. The van der Waals surface area contributed by atoms with E-state index in [1.54, 1.807) is 14.1 Å². The number of hydrogen-bond donors (Lipinski definition) is 2. The third-order valence-corrected chi connectivity index (χ3v) is 1.71. The minimum absolute atomic E-state index is 0.150. The van der Waals surface area contributed by atoms with Crippen molar-refractivity contribution in [1.29, 1.82) is 0 Å². The fraction of sp³-hybridized carbons (Fsp3) is 0.778. The Morgan fingerprint density at radius 2 is 1.64 bits per heavy atom. The van der Waals surface area contributed by atoms with Crippen molar-refractivity contribution in [2.45, 2.75) is 26.9 Å². The zero-order valence-corrected chi connectivity index (χ0v) is 9.42. The molecule has 0 saturated carbocycles. The van der Waals surface area contributed by atoms with Crippen LogP contribution in [0.15, 0.2) is 0 Å². The summed E-state index contributed by atoms with van der Waals surface area (Å²) in [6.07, 6.45) is -0.317. The highest BCUT2D eigenvalue weighted by molar-refractivity contribution is 5.76. The standard InChI is InChI=1S/C9H19N3O2/c1-6(2)8(10-7(3)13)11-9(14)12(4)5/h6,8H,1-5H3,(H,10,13)(H,11,14). The lowest BCUT2D eigenvalue weighted by Gasteiger charge is -2.24. The van der Waals surface area contributed by atoms with Crippen molar-refractivity contribution in [3.05, 3.63) is 0 Å². The molecule has 0 aromatic rings. The average molecular weight is 201 g/mol. The quantitative estimate of drug-likeness (QED) is 0.648. The van der Waals surface area contributed by atoms with Gasteiger partial charge < -0.3 is 15.5 Å². The molecular formula is C9H19N3O2. The number of rotatable bonds is 3. The Morgan fingerprint density at radius 1 is 1.14 bits per heavy atom. The first-order chi connectivity index (χ1) is 6.34. The van der Waals surface area contributed by atoms with Gasteiger partial charge in [-0.15, -0.1) is 0 Å². The van der Waals surface area contributed by atoms with Crippen molar-refractivity contribution >= 4 is 11.9 Å². The molecule has 0 aromatic heterocycles. The van der Waals surface area contributed by atoms with Crippen molar-refractivity contribution in [3.63, 3.8) is 0 Å². The highest BCUT2D eigenvalue weighted by atomic mass is 16.2. The molecule has 0 aliphatic rings. The van der Waals surface area contributed by atoms with Crippen LogP contribution >= 0.6 is 0 Å². The van der Waals surface area contributed by atoms with E-state index in [0.717, 1.165) is 0 Å². The van der Waals surface area contributed by atoms with E-state index >= 15 is 0 Å². The van der Waals surface area contributed by atoms with E-state index < -0.39 is 0 Å². The number of nitrogens with one attached hydrogen (secondary N) is 2. The van der Waals surface area contributed by atoms with E-state index in [9.17, 15) is 9.59 Å². The third kappa shape index (κ3) is 4.69. The Kier molecular flexibility index (Phi) is 4.97. The number of nitrogens with zero attached hydrogens (tertiary/aromatic N) is 1. The predicted molar refractivity (Wildman–Crippen MR) is 54.7 cm³/mol. The molecule has 0 saturated heterocycles. The van der Waals surface area contributed by atoms with Crippen molar-refractivity contribution in [2.24, 2.45) is 5.92 Å². The number of amides is 3. The van der Waals surface area contributed by atoms with Gasteiger partial charge in [0, 0.05) is 21.0 Å². The molecule has 0 aromatic carbocycles. The maximum absolute atomic E-state index is 11.3. The zero-order valence-electron chi connectivity index (χ0n) is 9.42. The first-order valence-corrected chi connectivity index (χ1v) is 4.59. The molecule has 0 radical (unpaired) electrons. The summed E-state index contributed by atoms with van der Waals surface area (Å²) >= 11 is 0. The molecule has 0 bridgehead atoms. The predicted octanol–water partition coefficient (Wildman–Crippen LogP) is 0.376. The Hall–Kier alpha value is -1.26.